The Bertz CT molecular complexity index is 972. The predicted octanol–water partition coefficient (Wildman–Crippen LogP) is 6.19. The van der Waals surface area contributed by atoms with Crippen LogP contribution in [0.25, 0.3) is 11.1 Å². The summed E-state index contributed by atoms with van der Waals surface area (Å²) in [4.78, 5) is 23.1. The first-order valence-electron chi connectivity index (χ1n) is 11.9. The van der Waals surface area contributed by atoms with Gasteiger partial charge in [-0.3, -0.25) is 20.2 Å². The lowest BCUT2D eigenvalue weighted by atomic mass is 9.99. The zero-order chi connectivity index (χ0) is 26.9. The van der Waals surface area contributed by atoms with Gasteiger partial charge in [0.25, 0.3) is 11.4 Å². The molecule has 1 unspecified atom stereocenters. The summed E-state index contributed by atoms with van der Waals surface area (Å²) in [6.07, 6.45) is 0.933. The largest absolute Gasteiger partial charge is 0.321 e. The summed E-state index contributed by atoms with van der Waals surface area (Å²) in [6.45, 7) is 5.76. The van der Waals surface area contributed by atoms with Crippen molar-refractivity contribution >= 4 is 46.2 Å². The van der Waals surface area contributed by atoms with E-state index in [0.717, 1.165) is 13.0 Å². The molecule has 0 amide bonds. The van der Waals surface area contributed by atoms with Gasteiger partial charge in [0.05, 0.1) is 78.9 Å². The molecule has 1 atom stereocenters. The Hall–Kier alpha value is -1.97. The average molecular weight is 562 g/mol. The highest BCUT2D eigenvalue weighted by molar-refractivity contribution is 6.18. The molecule has 0 aliphatic heterocycles. The molecule has 11 heteroatoms. The molecule has 0 radical (unpaired) electrons. The van der Waals surface area contributed by atoms with Gasteiger partial charge in [0.1, 0.15) is 13.1 Å². The van der Waals surface area contributed by atoms with Crippen LogP contribution in [0, 0.1) is 20.2 Å². The van der Waals surface area contributed by atoms with Crippen LogP contribution in [0.1, 0.15) is 24.5 Å². The lowest BCUT2D eigenvalue weighted by Crippen LogP contribution is -2.46. The quantitative estimate of drug-likeness (QED) is 0.112. The second-order valence-corrected chi connectivity index (χ2v) is 10.9. The zero-order valence-electron chi connectivity index (χ0n) is 21.1. The highest BCUT2D eigenvalue weighted by Gasteiger charge is 2.28. The summed E-state index contributed by atoms with van der Waals surface area (Å²) < 4.78 is 1.08. The van der Waals surface area contributed by atoms with Crippen molar-refractivity contribution < 1.29 is 18.8 Å². The number of hydrogen-bond acceptors (Lipinski definition) is 4. The number of benzene rings is 2. The Labute approximate surface area is 227 Å². The molecule has 0 aromatic heterocycles. The number of alkyl halides is 3. The Morgan fingerprint density at radius 3 is 1.36 bits per heavy atom. The van der Waals surface area contributed by atoms with Gasteiger partial charge in [-0.1, -0.05) is 19.1 Å². The van der Waals surface area contributed by atoms with Gasteiger partial charge < -0.3 is 8.97 Å². The Kier molecular flexibility index (Phi) is 11.4. The molecule has 0 fully saturated rings. The van der Waals surface area contributed by atoms with Gasteiger partial charge >= 0.3 is 0 Å². The van der Waals surface area contributed by atoms with E-state index in [2.05, 4.69) is 6.92 Å². The van der Waals surface area contributed by atoms with Crippen molar-refractivity contribution in [1.82, 2.24) is 0 Å². The van der Waals surface area contributed by atoms with E-state index in [0.29, 0.717) is 81.6 Å². The molecule has 36 heavy (non-hydrogen) atoms. The topological polar surface area (TPSA) is 86.3 Å². The minimum atomic E-state index is -0.410. The number of quaternary nitrogens is 2. The van der Waals surface area contributed by atoms with Crippen LogP contribution in [-0.2, 0) is 13.1 Å². The van der Waals surface area contributed by atoms with E-state index in [-0.39, 0.29) is 16.3 Å². The second-order valence-electron chi connectivity index (χ2n) is 9.72. The SMILES string of the molecule is CCC[N+](C)(CCCl)Cc1ccc(-c2ccc(C[N+](C)(CCCl)CCCl)c([N+](=O)[O-])c2)cc1[N+](=O)[O-]. The van der Waals surface area contributed by atoms with Gasteiger partial charge in [0.2, 0.25) is 0 Å². The van der Waals surface area contributed by atoms with Crippen molar-refractivity contribution in [2.24, 2.45) is 0 Å². The lowest BCUT2D eigenvalue weighted by molar-refractivity contribution is -0.920. The lowest BCUT2D eigenvalue weighted by Gasteiger charge is -2.33. The van der Waals surface area contributed by atoms with Crippen LogP contribution in [0.3, 0.4) is 0 Å². The van der Waals surface area contributed by atoms with Crippen LogP contribution in [0.2, 0.25) is 0 Å². The summed E-state index contributed by atoms with van der Waals surface area (Å²) >= 11 is 17.9. The molecule has 0 spiro atoms. The van der Waals surface area contributed by atoms with E-state index in [1.807, 2.05) is 14.1 Å². The first-order valence-corrected chi connectivity index (χ1v) is 13.5. The van der Waals surface area contributed by atoms with Crippen molar-refractivity contribution in [3.05, 3.63) is 67.8 Å². The molecule has 198 valence electrons. The van der Waals surface area contributed by atoms with Crippen molar-refractivity contribution in [2.45, 2.75) is 26.4 Å². The van der Waals surface area contributed by atoms with Gasteiger partial charge in [-0.05, 0) is 29.7 Å². The van der Waals surface area contributed by atoms with E-state index in [1.54, 1.807) is 24.3 Å². The molecule has 2 aromatic carbocycles. The third-order valence-corrected chi connectivity index (χ3v) is 7.15. The zero-order valence-corrected chi connectivity index (χ0v) is 23.4. The molecule has 0 bridgehead atoms. The molecule has 0 saturated carbocycles. The fourth-order valence-corrected chi connectivity index (χ4v) is 5.83. The Morgan fingerprint density at radius 1 is 0.694 bits per heavy atom. The number of halogens is 3. The minimum Gasteiger partial charge on any atom is -0.321 e. The maximum absolute atomic E-state index is 12.0. The van der Waals surface area contributed by atoms with Gasteiger partial charge in [-0.2, -0.15) is 0 Å². The molecule has 2 rings (SSSR count). The maximum Gasteiger partial charge on any atom is 0.278 e. The van der Waals surface area contributed by atoms with Crippen LogP contribution >= 0.6 is 34.8 Å². The summed E-state index contributed by atoms with van der Waals surface area (Å²) in [5.74, 6) is 1.29. The number of nitrogens with zero attached hydrogens (tertiary/aromatic N) is 4. The van der Waals surface area contributed by atoms with Crippen molar-refractivity contribution in [3.8, 4) is 11.1 Å². The van der Waals surface area contributed by atoms with Crippen molar-refractivity contribution in [2.75, 3.05) is 57.9 Å². The average Bonchev–Trinajstić information content (AvgIpc) is 2.79. The van der Waals surface area contributed by atoms with Gasteiger partial charge in [-0.15, -0.1) is 34.8 Å². The first kappa shape index (κ1) is 30.3. The summed E-state index contributed by atoms with van der Waals surface area (Å²) in [5, 5.41) is 23.9. The smallest absolute Gasteiger partial charge is 0.278 e. The summed E-state index contributed by atoms with van der Waals surface area (Å²) in [7, 11) is 4.02. The van der Waals surface area contributed by atoms with Crippen LogP contribution in [0.4, 0.5) is 11.4 Å². The highest BCUT2D eigenvalue weighted by Crippen LogP contribution is 2.33. The normalized spacial score (nSPS) is 13.4. The Balaban J connectivity index is 2.48. The third kappa shape index (κ3) is 8.02. The predicted molar refractivity (Wildman–Crippen MR) is 147 cm³/mol. The van der Waals surface area contributed by atoms with Crippen molar-refractivity contribution in [1.29, 1.82) is 0 Å². The molecule has 8 nitrogen and oxygen atoms in total. The fraction of sp³-hybridized carbons (Fsp3) is 0.520. The standard InChI is InChI=1S/C25H35Cl3N4O4/c1-4-12-31(2,13-9-26)18-22-7-5-20(16-24(22)29(33)34)21-6-8-23(25(17-21)30(35)36)19-32(3,14-10-27)15-11-28/h5-8,16-17H,4,9-15,18-19H2,1-3H3/q+2. The van der Waals surface area contributed by atoms with Crippen molar-refractivity contribution in [3.63, 3.8) is 0 Å². The third-order valence-electron chi connectivity index (χ3n) is 6.64. The molecule has 0 aliphatic rings. The Morgan fingerprint density at radius 2 is 1.06 bits per heavy atom. The van der Waals surface area contributed by atoms with Crippen LogP contribution in [0.5, 0.6) is 0 Å². The monoisotopic (exact) mass is 560 g/mol. The maximum atomic E-state index is 12.0. The first-order chi connectivity index (χ1) is 17.0. The number of rotatable bonds is 15. The molecular formula is C25H35Cl3N4O4+2. The highest BCUT2D eigenvalue weighted by atomic mass is 35.5. The molecule has 0 heterocycles. The van der Waals surface area contributed by atoms with Crippen LogP contribution in [-0.4, -0.2) is 76.7 Å². The second kappa shape index (κ2) is 13.5. The van der Waals surface area contributed by atoms with Gasteiger partial charge in [-0.25, -0.2) is 0 Å². The fourth-order valence-electron chi connectivity index (χ4n) is 4.61. The number of nitro benzene ring substituents is 2. The van der Waals surface area contributed by atoms with E-state index in [1.165, 1.54) is 12.1 Å². The molecule has 0 N–H and O–H groups in total. The summed E-state index contributed by atoms with van der Waals surface area (Å²) in [6, 6.07) is 10.0. The minimum absolute atomic E-state index is 0.00252. The molecule has 0 aliphatic carbocycles. The van der Waals surface area contributed by atoms with E-state index >= 15 is 0 Å². The van der Waals surface area contributed by atoms with E-state index in [9.17, 15) is 20.2 Å². The van der Waals surface area contributed by atoms with Gasteiger partial charge in [0.15, 0.2) is 0 Å². The number of nitro groups is 2. The van der Waals surface area contributed by atoms with Crippen LogP contribution in [0.15, 0.2) is 36.4 Å². The van der Waals surface area contributed by atoms with Gasteiger partial charge in [0, 0.05) is 12.1 Å². The molecular weight excluding hydrogens is 527 g/mol. The van der Waals surface area contributed by atoms with Crippen LogP contribution < -0.4 is 0 Å². The molecule has 2 aromatic rings. The van der Waals surface area contributed by atoms with E-state index in [4.69, 9.17) is 34.8 Å². The molecule has 0 saturated heterocycles. The number of hydrogen-bond donors (Lipinski definition) is 0. The summed E-state index contributed by atoms with van der Waals surface area (Å²) in [5.41, 5.74) is 2.27. The van der Waals surface area contributed by atoms with E-state index < -0.39 is 4.92 Å².